The number of methoxy groups -OCH3 is 1. The summed E-state index contributed by atoms with van der Waals surface area (Å²) in [4.78, 5) is 46.2. The monoisotopic (exact) mass is 436 g/mol. The zero-order chi connectivity index (χ0) is 20.3. The van der Waals surface area contributed by atoms with Crippen molar-refractivity contribution < 1.29 is 77.0 Å². The number of nitrogens with two attached hydrogens (primary N) is 1. The van der Waals surface area contributed by atoms with Gasteiger partial charge in [0.2, 0.25) is 17.5 Å². The molecule has 0 radical (unpaired) electrons. The van der Waals surface area contributed by atoms with Crippen molar-refractivity contribution in [3.8, 4) is 0 Å². The second kappa shape index (κ2) is 11.0. The number of hydrogen-bond acceptors (Lipinski definition) is 9. The number of carbonyl (C=O) groups is 4. The Hall–Kier alpha value is -1.33. The molecule has 1 aliphatic heterocycles. The Labute approximate surface area is 182 Å². The molecule has 156 valence electrons. The molecule has 3 atom stereocenters. The van der Waals surface area contributed by atoms with Crippen LogP contribution in [0.25, 0.3) is 0 Å². The molecule has 0 unspecified atom stereocenters. The maximum absolute atomic E-state index is 12.1. The number of carboxylic acids is 1. The summed E-state index contributed by atoms with van der Waals surface area (Å²) in [6.07, 6.45) is -0.395. The average molecular weight is 436 g/mol. The van der Waals surface area contributed by atoms with E-state index in [1.165, 1.54) is 6.92 Å². The third-order valence-electron chi connectivity index (χ3n) is 3.65. The van der Waals surface area contributed by atoms with E-state index in [0.717, 1.165) is 7.11 Å². The molecule has 0 spiro atoms. The summed E-state index contributed by atoms with van der Waals surface area (Å²) >= 11 is 0. The van der Waals surface area contributed by atoms with Crippen molar-refractivity contribution in [2.24, 2.45) is 5.73 Å². The quantitative estimate of drug-likeness (QED) is 0.115. The van der Waals surface area contributed by atoms with Crippen LogP contribution in [0, 0.1) is 0 Å². The Balaban J connectivity index is 0. The molecule has 14 nitrogen and oxygen atoms in total. The summed E-state index contributed by atoms with van der Waals surface area (Å²) in [5.74, 6) is -4.06. The van der Waals surface area contributed by atoms with Gasteiger partial charge in [0.1, 0.15) is 12.1 Å². The SMILES string of the molecule is CO[C@]1(NC(=O)[C@@H](C)NC(=O)CC[C@@H](N)C(=O)O)CN(S(=O)(=O)[O-])C1=O.O.[Na+]. The minimum absolute atomic E-state index is 0. The largest absolute Gasteiger partial charge is 1.00 e. The van der Waals surface area contributed by atoms with Crippen molar-refractivity contribution in [1.29, 1.82) is 0 Å². The van der Waals surface area contributed by atoms with Crippen LogP contribution in [-0.4, -0.2) is 83.0 Å². The fraction of sp³-hybridized carbons (Fsp3) is 0.667. The molecular weight excluding hydrogens is 415 g/mol. The predicted molar refractivity (Wildman–Crippen MR) is 85.4 cm³/mol. The number of β-lactam (4-membered cyclic amide) rings is 1. The van der Waals surface area contributed by atoms with Gasteiger partial charge in [0.15, 0.2) is 10.3 Å². The van der Waals surface area contributed by atoms with Crippen LogP contribution in [0.5, 0.6) is 0 Å². The first-order valence-electron chi connectivity index (χ1n) is 7.27. The van der Waals surface area contributed by atoms with Crippen molar-refractivity contribution in [1.82, 2.24) is 14.9 Å². The summed E-state index contributed by atoms with van der Waals surface area (Å²) in [7, 11) is -3.99. The van der Waals surface area contributed by atoms with Crippen molar-refractivity contribution in [3.05, 3.63) is 0 Å². The average Bonchev–Trinajstić information content (AvgIpc) is 2.53. The first-order valence-corrected chi connectivity index (χ1v) is 8.63. The molecule has 1 fully saturated rings. The molecule has 0 aromatic rings. The molecule has 28 heavy (non-hydrogen) atoms. The summed E-state index contributed by atoms with van der Waals surface area (Å²) in [6.45, 7) is 0.576. The first-order chi connectivity index (χ1) is 11.8. The number of carbonyl (C=O) groups excluding carboxylic acids is 3. The first kappa shape index (κ1) is 28.9. The third kappa shape index (κ3) is 6.93. The van der Waals surface area contributed by atoms with E-state index in [0.29, 0.717) is 0 Å². The molecule has 7 N–H and O–H groups in total. The van der Waals surface area contributed by atoms with Crippen LogP contribution in [0.2, 0.25) is 0 Å². The van der Waals surface area contributed by atoms with E-state index in [9.17, 15) is 32.1 Å². The number of aliphatic carboxylic acids is 1. The van der Waals surface area contributed by atoms with Gasteiger partial charge >= 0.3 is 35.5 Å². The van der Waals surface area contributed by atoms with Crippen LogP contribution < -0.4 is 45.9 Å². The summed E-state index contributed by atoms with van der Waals surface area (Å²) in [5.41, 5.74) is 3.24. The zero-order valence-corrected chi connectivity index (χ0v) is 18.2. The molecule has 0 aromatic heterocycles. The van der Waals surface area contributed by atoms with Crippen LogP contribution in [0.1, 0.15) is 19.8 Å². The number of amides is 3. The summed E-state index contributed by atoms with van der Waals surface area (Å²) < 4.78 is 37.3. The van der Waals surface area contributed by atoms with E-state index >= 15 is 0 Å². The van der Waals surface area contributed by atoms with E-state index in [-0.39, 0.29) is 52.2 Å². The van der Waals surface area contributed by atoms with Gasteiger partial charge in [-0.1, -0.05) is 0 Å². The molecule has 1 saturated heterocycles. The topological polar surface area (TPSA) is 240 Å². The maximum Gasteiger partial charge on any atom is 1.00 e. The number of nitrogens with zero attached hydrogens (tertiary/aromatic N) is 1. The Kier molecular flexibility index (Phi) is 11.4. The van der Waals surface area contributed by atoms with Crippen molar-refractivity contribution in [2.75, 3.05) is 13.7 Å². The summed E-state index contributed by atoms with van der Waals surface area (Å²) in [5, 5.41) is 13.0. The second-order valence-electron chi connectivity index (χ2n) is 5.56. The van der Waals surface area contributed by atoms with Crippen LogP contribution >= 0.6 is 0 Å². The van der Waals surface area contributed by atoms with Crippen molar-refractivity contribution >= 4 is 34.0 Å². The van der Waals surface area contributed by atoms with E-state index < -0.39 is 58.3 Å². The maximum atomic E-state index is 12.1. The van der Waals surface area contributed by atoms with E-state index in [1.54, 1.807) is 0 Å². The van der Waals surface area contributed by atoms with Gasteiger partial charge in [0.05, 0.1) is 6.54 Å². The molecular formula is C12H21N4NaO10S. The van der Waals surface area contributed by atoms with Crippen LogP contribution in [0.15, 0.2) is 0 Å². The van der Waals surface area contributed by atoms with Gasteiger partial charge in [-0.25, -0.2) is 12.7 Å². The van der Waals surface area contributed by atoms with Gasteiger partial charge in [-0.05, 0) is 13.3 Å². The van der Waals surface area contributed by atoms with Gasteiger partial charge in [-0.15, -0.1) is 0 Å². The van der Waals surface area contributed by atoms with E-state index in [2.05, 4.69) is 10.6 Å². The zero-order valence-electron chi connectivity index (χ0n) is 15.4. The Morgan fingerprint density at radius 1 is 1.43 bits per heavy atom. The van der Waals surface area contributed by atoms with Gasteiger partial charge < -0.3 is 36.2 Å². The van der Waals surface area contributed by atoms with E-state index in [1.807, 2.05) is 0 Å². The minimum atomic E-state index is -5.02. The smallest absolute Gasteiger partial charge is 0.731 e. The standard InChI is InChI=1S/C12H20N4O9S.Na.H2O/c1-6(14-8(17)4-3-7(13)10(19)20)9(18)15-12(25-2)5-16(11(12)21)26(22,23)24;;/h6-7H,3-5,13H2,1-2H3,(H,14,17)(H,15,18)(H,19,20)(H,22,23,24);;1H2/q;+1;/p-1/t6-,7-,12-;;/m1../s1. The van der Waals surface area contributed by atoms with Gasteiger partial charge in [-0.3, -0.25) is 19.2 Å². The minimum Gasteiger partial charge on any atom is -0.731 e. The number of ether oxygens (including phenoxy) is 1. The molecule has 0 aliphatic carbocycles. The number of nitrogens with one attached hydrogen (secondary N) is 2. The van der Waals surface area contributed by atoms with Crippen LogP contribution in [-0.2, 0) is 34.2 Å². The fourth-order valence-electron chi connectivity index (χ4n) is 2.02. The second-order valence-corrected chi connectivity index (χ2v) is 6.86. The number of hydrogen-bond donors (Lipinski definition) is 4. The van der Waals surface area contributed by atoms with Gasteiger partial charge in [0.25, 0.3) is 5.91 Å². The molecule has 1 aliphatic rings. The predicted octanol–water partition coefficient (Wildman–Crippen LogP) is -7.38. The number of rotatable bonds is 9. The van der Waals surface area contributed by atoms with Gasteiger partial charge in [-0.2, -0.15) is 0 Å². The molecule has 0 aromatic carbocycles. The van der Waals surface area contributed by atoms with E-state index in [4.69, 9.17) is 15.6 Å². The van der Waals surface area contributed by atoms with Crippen LogP contribution in [0.4, 0.5) is 0 Å². The molecule has 16 heteroatoms. The summed E-state index contributed by atoms with van der Waals surface area (Å²) in [6, 6.07) is -2.38. The molecule has 1 heterocycles. The van der Waals surface area contributed by atoms with Crippen molar-refractivity contribution in [3.63, 3.8) is 0 Å². The van der Waals surface area contributed by atoms with Crippen LogP contribution in [0.3, 0.4) is 0 Å². The van der Waals surface area contributed by atoms with Crippen molar-refractivity contribution in [2.45, 2.75) is 37.6 Å². The molecule has 0 saturated carbocycles. The number of carboxylic acid groups (broad SMARTS) is 1. The third-order valence-corrected chi connectivity index (χ3v) is 4.49. The fourth-order valence-corrected chi connectivity index (χ4v) is 2.72. The molecule has 1 rings (SSSR count). The van der Waals surface area contributed by atoms with Gasteiger partial charge in [0, 0.05) is 13.5 Å². The molecule has 0 bridgehead atoms. The Bertz CT molecular complexity index is 717. The Morgan fingerprint density at radius 3 is 2.36 bits per heavy atom. The molecule has 3 amide bonds. The Morgan fingerprint density at radius 2 is 1.96 bits per heavy atom. The normalized spacial score (nSPS) is 20.6.